The van der Waals surface area contributed by atoms with Gasteiger partial charge in [-0.1, -0.05) is 18.9 Å². The molecule has 1 aliphatic heterocycles. The lowest BCUT2D eigenvalue weighted by Crippen LogP contribution is -2.32. The molecule has 2 aromatic rings. The molecule has 0 unspecified atom stereocenters. The van der Waals surface area contributed by atoms with Gasteiger partial charge in [-0.25, -0.2) is 8.42 Å². The topological polar surface area (TPSA) is 75.7 Å². The van der Waals surface area contributed by atoms with Gasteiger partial charge in [-0.15, -0.1) is 11.3 Å². The number of carbonyl (C=O) groups is 1. The maximum atomic E-state index is 13.2. The minimum atomic E-state index is -3.71. The third-order valence-electron chi connectivity index (χ3n) is 4.97. The Morgan fingerprint density at radius 2 is 1.97 bits per heavy atom. The number of hydrogen-bond acceptors (Lipinski definition) is 6. The molecule has 0 bridgehead atoms. The van der Waals surface area contributed by atoms with E-state index in [-0.39, 0.29) is 16.6 Å². The summed E-state index contributed by atoms with van der Waals surface area (Å²) >= 11 is 3.48. The summed E-state index contributed by atoms with van der Waals surface area (Å²) in [5, 5.41) is 4.93. The van der Waals surface area contributed by atoms with Crippen LogP contribution in [0.15, 0.2) is 40.6 Å². The second kappa shape index (κ2) is 11.2. The van der Waals surface area contributed by atoms with Crippen molar-refractivity contribution in [1.82, 2.24) is 9.62 Å². The predicted molar refractivity (Wildman–Crippen MR) is 123 cm³/mol. The van der Waals surface area contributed by atoms with Gasteiger partial charge in [0.1, 0.15) is 10.6 Å². The van der Waals surface area contributed by atoms with Crippen LogP contribution in [0.3, 0.4) is 0 Å². The van der Waals surface area contributed by atoms with Crippen molar-refractivity contribution in [1.29, 1.82) is 0 Å². The number of sulfonamides is 1. The van der Waals surface area contributed by atoms with Gasteiger partial charge in [0.15, 0.2) is 0 Å². The Bertz CT molecular complexity index is 922. The lowest BCUT2D eigenvalue weighted by molar-refractivity contribution is 0.0956. The number of methoxy groups -OCH3 is 1. The Morgan fingerprint density at radius 1 is 1.20 bits per heavy atom. The number of benzene rings is 1. The van der Waals surface area contributed by atoms with Crippen LogP contribution < -0.4 is 10.1 Å². The van der Waals surface area contributed by atoms with Crippen LogP contribution in [0.5, 0.6) is 5.75 Å². The maximum Gasteiger partial charge on any atom is 0.251 e. The van der Waals surface area contributed by atoms with E-state index in [1.54, 1.807) is 35.2 Å². The fourth-order valence-corrected chi connectivity index (χ4v) is 6.74. The average Bonchev–Trinajstić information content (AvgIpc) is 3.11. The van der Waals surface area contributed by atoms with Gasteiger partial charge in [0.25, 0.3) is 5.91 Å². The average molecular weight is 469 g/mol. The summed E-state index contributed by atoms with van der Waals surface area (Å²) in [5.74, 6) is 1.71. The number of carbonyl (C=O) groups excluding carboxylic acids is 1. The van der Waals surface area contributed by atoms with Gasteiger partial charge in [-0.2, -0.15) is 16.1 Å². The van der Waals surface area contributed by atoms with Gasteiger partial charge >= 0.3 is 0 Å². The van der Waals surface area contributed by atoms with E-state index < -0.39 is 10.0 Å². The molecule has 0 atom stereocenters. The maximum absolute atomic E-state index is 13.2. The highest BCUT2D eigenvalue weighted by Crippen LogP contribution is 2.29. The zero-order valence-electron chi connectivity index (χ0n) is 17.1. The smallest absolute Gasteiger partial charge is 0.251 e. The van der Waals surface area contributed by atoms with E-state index in [9.17, 15) is 13.2 Å². The molecule has 1 saturated heterocycles. The summed E-state index contributed by atoms with van der Waals surface area (Å²) < 4.78 is 33.2. The molecule has 0 aliphatic carbocycles. The van der Waals surface area contributed by atoms with E-state index in [1.807, 2.05) is 6.07 Å². The molecule has 1 N–H and O–H groups in total. The molecular weight excluding hydrogens is 440 g/mol. The molecule has 3 rings (SSSR count). The van der Waals surface area contributed by atoms with E-state index in [4.69, 9.17) is 4.74 Å². The van der Waals surface area contributed by atoms with E-state index in [2.05, 4.69) is 16.8 Å². The number of amides is 1. The second-order valence-electron chi connectivity index (χ2n) is 7.07. The fourth-order valence-electron chi connectivity index (χ4n) is 3.35. The molecule has 0 spiro atoms. The number of nitrogens with zero attached hydrogens (tertiary/aromatic N) is 1. The van der Waals surface area contributed by atoms with Crippen molar-refractivity contribution in [2.75, 3.05) is 32.5 Å². The summed E-state index contributed by atoms with van der Waals surface area (Å²) in [6, 6.07) is 8.73. The van der Waals surface area contributed by atoms with Crippen molar-refractivity contribution < 1.29 is 17.9 Å². The molecule has 9 heteroatoms. The summed E-state index contributed by atoms with van der Waals surface area (Å²) in [5.41, 5.74) is 0.326. The summed E-state index contributed by atoms with van der Waals surface area (Å²) in [6.07, 6.45) is 3.78. The molecular formula is C21H28N2O4S3. The van der Waals surface area contributed by atoms with Crippen LogP contribution >= 0.6 is 23.1 Å². The van der Waals surface area contributed by atoms with Crippen LogP contribution in [-0.2, 0) is 15.8 Å². The summed E-state index contributed by atoms with van der Waals surface area (Å²) in [6.45, 7) is 1.53. The van der Waals surface area contributed by atoms with E-state index >= 15 is 0 Å². The molecule has 0 radical (unpaired) electrons. The number of thiophene rings is 1. The largest absolute Gasteiger partial charge is 0.495 e. The van der Waals surface area contributed by atoms with Crippen molar-refractivity contribution in [2.24, 2.45) is 0 Å². The zero-order valence-corrected chi connectivity index (χ0v) is 19.6. The first-order chi connectivity index (χ1) is 14.5. The molecule has 2 heterocycles. The molecule has 6 nitrogen and oxygen atoms in total. The first-order valence-electron chi connectivity index (χ1n) is 10.1. The van der Waals surface area contributed by atoms with Gasteiger partial charge in [0, 0.05) is 41.6 Å². The van der Waals surface area contributed by atoms with Crippen molar-refractivity contribution in [3.63, 3.8) is 0 Å². The molecule has 1 fully saturated rings. The lowest BCUT2D eigenvalue weighted by atomic mass is 10.2. The SMILES string of the molecule is COc1ccc(C(=O)NCCSCc2cccs2)cc1S(=O)(=O)N1CCCCCC1. The lowest BCUT2D eigenvalue weighted by Gasteiger charge is -2.21. The summed E-state index contributed by atoms with van der Waals surface area (Å²) in [7, 11) is -2.27. The van der Waals surface area contributed by atoms with Crippen LogP contribution in [0.1, 0.15) is 40.9 Å². The third kappa shape index (κ3) is 6.00. The third-order valence-corrected chi connectivity index (χ3v) is 8.95. The van der Waals surface area contributed by atoms with Crippen LogP contribution in [0.2, 0.25) is 0 Å². The second-order valence-corrected chi connectivity index (χ2v) is 11.1. The quantitative estimate of drug-likeness (QED) is 0.563. The monoisotopic (exact) mass is 468 g/mol. The van der Waals surface area contributed by atoms with Crippen molar-refractivity contribution in [3.05, 3.63) is 46.2 Å². The number of hydrogen-bond donors (Lipinski definition) is 1. The van der Waals surface area contributed by atoms with Gasteiger partial charge in [0.2, 0.25) is 10.0 Å². The molecule has 1 aromatic heterocycles. The first kappa shape index (κ1) is 23.1. The highest BCUT2D eigenvalue weighted by atomic mass is 32.2. The van der Waals surface area contributed by atoms with Gasteiger partial charge in [-0.3, -0.25) is 4.79 Å². The van der Waals surface area contributed by atoms with E-state index in [0.717, 1.165) is 37.2 Å². The normalized spacial score (nSPS) is 15.5. The zero-order chi connectivity index (χ0) is 21.4. The highest BCUT2D eigenvalue weighted by Gasteiger charge is 2.29. The Morgan fingerprint density at radius 3 is 2.63 bits per heavy atom. The van der Waals surface area contributed by atoms with E-state index in [0.29, 0.717) is 25.2 Å². The predicted octanol–water partition coefficient (Wildman–Crippen LogP) is 3.98. The van der Waals surface area contributed by atoms with Gasteiger partial charge < -0.3 is 10.1 Å². The molecule has 30 heavy (non-hydrogen) atoms. The number of ether oxygens (including phenoxy) is 1. The first-order valence-corrected chi connectivity index (χ1v) is 13.6. The number of thioether (sulfide) groups is 1. The van der Waals surface area contributed by atoms with Gasteiger partial charge in [-0.05, 0) is 42.5 Å². The van der Waals surface area contributed by atoms with Crippen molar-refractivity contribution in [3.8, 4) is 5.75 Å². The molecule has 1 amide bonds. The van der Waals surface area contributed by atoms with Crippen LogP contribution in [0.4, 0.5) is 0 Å². The fraction of sp³-hybridized carbons (Fsp3) is 0.476. The number of rotatable bonds is 9. The molecule has 1 aromatic carbocycles. The van der Waals surface area contributed by atoms with Crippen molar-refractivity contribution in [2.45, 2.75) is 36.3 Å². The van der Waals surface area contributed by atoms with Crippen LogP contribution in [0.25, 0.3) is 0 Å². The van der Waals surface area contributed by atoms with Crippen LogP contribution in [0, 0.1) is 0 Å². The Balaban J connectivity index is 1.64. The summed E-state index contributed by atoms with van der Waals surface area (Å²) in [4.78, 5) is 14.0. The minimum Gasteiger partial charge on any atom is -0.495 e. The Kier molecular flexibility index (Phi) is 8.61. The van der Waals surface area contributed by atoms with Crippen LogP contribution in [-0.4, -0.2) is 51.1 Å². The minimum absolute atomic E-state index is 0.0617. The van der Waals surface area contributed by atoms with E-state index in [1.165, 1.54) is 22.4 Å². The Hall–Kier alpha value is -1.55. The molecule has 0 saturated carbocycles. The van der Waals surface area contributed by atoms with Crippen molar-refractivity contribution >= 4 is 39.0 Å². The molecule has 1 aliphatic rings. The van der Waals surface area contributed by atoms with Gasteiger partial charge in [0.05, 0.1) is 7.11 Å². The standard InChI is InChI=1S/C21H28N2O4S3/c1-27-19-9-8-17(21(24)22-10-14-28-16-18-7-6-13-29-18)15-20(19)30(25,26)23-11-4-2-3-5-12-23/h6-9,13,15H,2-5,10-12,14,16H2,1H3,(H,22,24). The number of nitrogens with one attached hydrogen (secondary N) is 1. The highest BCUT2D eigenvalue weighted by molar-refractivity contribution is 7.98. The Labute approximate surface area is 187 Å². The molecule has 164 valence electrons.